The zero-order chi connectivity index (χ0) is 13.9. The molecule has 2 aliphatic heterocycles. The number of isocyanates is 1. The highest BCUT2D eigenvalue weighted by Crippen LogP contribution is 2.26. The van der Waals surface area contributed by atoms with Gasteiger partial charge < -0.3 is 0 Å². The van der Waals surface area contributed by atoms with E-state index in [4.69, 9.17) is 0 Å². The van der Waals surface area contributed by atoms with E-state index in [0.29, 0.717) is 32.0 Å². The number of rotatable bonds is 3. The van der Waals surface area contributed by atoms with Gasteiger partial charge in [0.05, 0.1) is 0 Å². The maximum absolute atomic E-state index is 12.6. The van der Waals surface area contributed by atoms with Gasteiger partial charge in [-0.05, 0) is 38.0 Å². The summed E-state index contributed by atoms with van der Waals surface area (Å²) in [5, 5.41) is 0. The predicted octanol–water partition coefficient (Wildman–Crippen LogP) is 1.11. The minimum Gasteiger partial charge on any atom is -0.211 e. The second-order valence-corrected chi connectivity index (χ2v) is 7.30. The van der Waals surface area contributed by atoms with Crippen LogP contribution in [0, 0.1) is 5.92 Å². The van der Waals surface area contributed by atoms with E-state index in [0.717, 1.165) is 25.7 Å². The average molecular weight is 287 g/mol. The lowest BCUT2D eigenvalue weighted by molar-refractivity contribution is 0.214. The Bertz CT molecular complexity index is 459. The lowest BCUT2D eigenvalue weighted by Crippen LogP contribution is -2.52. The molecule has 19 heavy (non-hydrogen) atoms. The summed E-state index contributed by atoms with van der Waals surface area (Å²) in [4.78, 5) is 14.1. The van der Waals surface area contributed by atoms with Gasteiger partial charge in [-0.25, -0.2) is 4.79 Å². The first-order valence-electron chi connectivity index (χ1n) is 6.89. The molecular weight excluding hydrogens is 266 g/mol. The zero-order valence-electron chi connectivity index (χ0n) is 11.3. The maximum atomic E-state index is 12.6. The average Bonchev–Trinajstić information content (AvgIpc) is 2.39. The quantitative estimate of drug-likeness (QED) is 0.577. The van der Waals surface area contributed by atoms with Crippen molar-refractivity contribution in [2.24, 2.45) is 10.9 Å². The van der Waals surface area contributed by atoms with E-state index in [1.807, 2.05) is 0 Å². The first-order valence-corrected chi connectivity index (χ1v) is 8.29. The van der Waals surface area contributed by atoms with E-state index in [1.54, 1.807) is 4.31 Å². The molecule has 2 atom stereocenters. The van der Waals surface area contributed by atoms with E-state index in [2.05, 4.69) is 11.9 Å². The Kier molecular flexibility index (Phi) is 4.73. The molecule has 2 rings (SSSR count). The highest BCUT2D eigenvalue weighted by Gasteiger charge is 2.37. The molecule has 6 nitrogen and oxygen atoms in total. The number of hydrogen-bond acceptors (Lipinski definition) is 4. The molecule has 2 heterocycles. The molecule has 7 heteroatoms. The minimum atomic E-state index is -3.50. The van der Waals surface area contributed by atoms with Crippen molar-refractivity contribution in [1.29, 1.82) is 0 Å². The lowest BCUT2D eigenvalue weighted by atomic mass is 10.0. The number of nitrogens with zero attached hydrogens (tertiary/aromatic N) is 3. The summed E-state index contributed by atoms with van der Waals surface area (Å²) in [6, 6.07) is 0. The van der Waals surface area contributed by atoms with E-state index in [9.17, 15) is 13.2 Å². The molecule has 2 unspecified atom stereocenters. The van der Waals surface area contributed by atoms with Crippen LogP contribution in [0.25, 0.3) is 0 Å². The molecular formula is C12H21N3O3S. The van der Waals surface area contributed by atoms with Crippen LogP contribution in [0.1, 0.15) is 39.0 Å². The Hall–Kier alpha value is -0.750. The Morgan fingerprint density at radius 3 is 2.63 bits per heavy atom. The Labute approximate surface area is 114 Å². The zero-order valence-corrected chi connectivity index (χ0v) is 12.1. The summed E-state index contributed by atoms with van der Waals surface area (Å²) in [6.07, 6.45) is 5.25. The second kappa shape index (κ2) is 6.13. The molecule has 0 N–H and O–H groups in total. The summed E-state index contributed by atoms with van der Waals surface area (Å²) in [5.74, 6) is 0.390. The van der Waals surface area contributed by atoms with Crippen molar-refractivity contribution in [3.63, 3.8) is 0 Å². The van der Waals surface area contributed by atoms with Crippen molar-refractivity contribution in [2.45, 2.75) is 45.2 Å². The van der Waals surface area contributed by atoms with Crippen LogP contribution in [-0.4, -0.2) is 48.9 Å². The van der Waals surface area contributed by atoms with E-state index < -0.39 is 16.4 Å². The van der Waals surface area contributed by atoms with Gasteiger partial charge >= 0.3 is 0 Å². The Morgan fingerprint density at radius 1 is 1.16 bits per heavy atom. The van der Waals surface area contributed by atoms with Crippen LogP contribution in [0.4, 0.5) is 0 Å². The first kappa shape index (κ1) is 14.7. The fraction of sp³-hybridized carbons (Fsp3) is 0.917. The van der Waals surface area contributed by atoms with Crippen molar-refractivity contribution in [3.05, 3.63) is 0 Å². The van der Waals surface area contributed by atoms with Crippen LogP contribution in [0.2, 0.25) is 0 Å². The van der Waals surface area contributed by atoms with Gasteiger partial charge in [0.15, 0.2) is 0 Å². The normalized spacial score (nSPS) is 30.8. The monoisotopic (exact) mass is 287 g/mol. The van der Waals surface area contributed by atoms with Crippen LogP contribution < -0.4 is 0 Å². The molecule has 0 aromatic heterocycles. The van der Waals surface area contributed by atoms with Crippen LogP contribution in [0.5, 0.6) is 0 Å². The predicted molar refractivity (Wildman–Crippen MR) is 71.4 cm³/mol. The lowest BCUT2D eigenvalue weighted by Gasteiger charge is -2.38. The number of aliphatic imine (C=N–C) groups is 1. The summed E-state index contributed by atoms with van der Waals surface area (Å²) < 4.78 is 28.2. The summed E-state index contributed by atoms with van der Waals surface area (Å²) >= 11 is 0. The van der Waals surface area contributed by atoms with Crippen molar-refractivity contribution < 1.29 is 13.2 Å². The summed E-state index contributed by atoms with van der Waals surface area (Å²) in [5.41, 5.74) is 0. The third-order valence-corrected chi connectivity index (χ3v) is 5.87. The molecule has 2 aliphatic rings. The highest BCUT2D eigenvalue weighted by molar-refractivity contribution is 7.86. The van der Waals surface area contributed by atoms with Crippen LogP contribution in [0.15, 0.2) is 4.99 Å². The van der Waals surface area contributed by atoms with Crippen molar-refractivity contribution in [1.82, 2.24) is 8.61 Å². The van der Waals surface area contributed by atoms with Gasteiger partial charge in [-0.3, -0.25) is 0 Å². The molecule has 0 bridgehead atoms. The molecule has 0 aromatic rings. The fourth-order valence-electron chi connectivity index (χ4n) is 2.85. The number of hydrogen-bond donors (Lipinski definition) is 0. The van der Waals surface area contributed by atoms with Crippen molar-refractivity contribution in [3.8, 4) is 0 Å². The summed E-state index contributed by atoms with van der Waals surface area (Å²) in [7, 11) is -3.50. The molecule has 2 saturated heterocycles. The third kappa shape index (κ3) is 3.23. The van der Waals surface area contributed by atoms with Gasteiger partial charge in [0.1, 0.15) is 6.17 Å². The third-order valence-electron chi connectivity index (χ3n) is 3.87. The molecule has 2 fully saturated rings. The SMILES string of the molecule is CC1CCCN(S(=O)(=O)N2CCCCC2N=C=O)C1. The Balaban J connectivity index is 2.18. The number of carbonyl (C=O) groups excluding carboxylic acids is 1. The molecule has 0 aliphatic carbocycles. The molecule has 0 aromatic carbocycles. The minimum absolute atomic E-state index is 0.390. The van der Waals surface area contributed by atoms with Crippen molar-refractivity contribution in [2.75, 3.05) is 19.6 Å². The number of piperidine rings is 2. The highest BCUT2D eigenvalue weighted by atomic mass is 32.2. The molecule has 0 amide bonds. The van der Waals surface area contributed by atoms with Gasteiger partial charge in [0.2, 0.25) is 6.08 Å². The fourth-order valence-corrected chi connectivity index (χ4v) is 4.77. The van der Waals surface area contributed by atoms with Crippen LogP contribution in [0.3, 0.4) is 0 Å². The molecule has 0 saturated carbocycles. The van der Waals surface area contributed by atoms with Gasteiger partial charge in [-0.2, -0.15) is 22.0 Å². The maximum Gasteiger partial charge on any atom is 0.283 e. The van der Waals surface area contributed by atoms with E-state index in [-0.39, 0.29) is 0 Å². The van der Waals surface area contributed by atoms with Crippen molar-refractivity contribution >= 4 is 16.3 Å². The second-order valence-electron chi connectivity index (χ2n) is 5.42. The smallest absolute Gasteiger partial charge is 0.211 e. The van der Waals surface area contributed by atoms with Crippen LogP contribution in [-0.2, 0) is 15.0 Å². The molecule has 0 spiro atoms. The van der Waals surface area contributed by atoms with Gasteiger partial charge in [0.25, 0.3) is 10.2 Å². The largest absolute Gasteiger partial charge is 0.283 e. The van der Waals surface area contributed by atoms with E-state index in [1.165, 1.54) is 10.4 Å². The van der Waals surface area contributed by atoms with Gasteiger partial charge in [-0.15, -0.1) is 0 Å². The summed E-state index contributed by atoms with van der Waals surface area (Å²) in [6.45, 7) is 3.65. The van der Waals surface area contributed by atoms with Gasteiger partial charge in [0, 0.05) is 19.6 Å². The molecule has 108 valence electrons. The molecule has 0 radical (unpaired) electrons. The topological polar surface area (TPSA) is 70.1 Å². The first-order chi connectivity index (χ1) is 9.05. The standard InChI is InChI=1S/C12H21N3O3S/c1-11-5-4-7-14(9-11)19(17,18)15-8-3-2-6-12(15)13-10-16/h11-12H,2-9H2,1H3. The van der Waals surface area contributed by atoms with Gasteiger partial charge in [-0.1, -0.05) is 6.92 Å². The van der Waals surface area contributed by atoms with Crippen LogP contribution >= 0.6 is 0 Å². The van der Waals surface area contributed by atoms with E-state index >= 15 is 0 Å². The Morgan fingerprint density at radius 2 is 1.95 bits per heavy atom.